The van der Waals surface area contributed by atoms with Crippen LogP contribution in [0.2, 0.25) is 0 Å². The van der Waals surface area contributed by atoms with Crippen molar-refractivity contribution in [3.63, 3.8) is 0 Å². The molecule has 1 aliphatic heterocycles. The Morgan fingerprint density at radius 3 is 2.61 bits per heavy atom. The summed E-state index contributed by atoms with van der Waals surface area (Å²) >= 11 is 0. The molecule has 1 aromatic carbocycles. The largest absolute Gasteiger partial charge is 0.586 e. The van der Waals surface area contributed by atoms with E-state index in [1.165, 1.54) is 25.1 Å². The zero-order valence-electron chi connectivity index (χ0n) is 9.28. The van der Waals surface area contributed by atoms with Crippen LogP contribution < -0.4 is 20.5 Å². The Kier molecular flexibility index (Phi) is 3.98. The normalized spacial score (nSPS) is 16.7. The molecule has 3 N–H and O–H groups in total. The maximum atomic E-state index is 12.7. The van der Waals surface area contributed by atoms with Crippen molar-refractivity contribution in [2.75, 3.05) is 5.32 Å². The summed E-state index contributed by atoms with van der Waals surface area (Å²) in [6, 6.07) is 3.26. The molecule has 100 valence electrons. The highest BCUT2D eigenvalue weighted by molar-refractivity contribution is 5.94. The lowest BCUT2D eigenvalue weighted by molar-refractivity contribution is -0.286. The van der Waals surface area contributed by atoms with Crippen LogP contribution in [0.3, 0.4) is 0 Å². The Balaban J connectivity index is 0.00000162. The molecule has 1 atom stereocenters. The van der Waals surface area contributed by atoms with Gasteiger partial charge >= 0.3 is 6.29 Å². The van der Waals surface area contributed by atoms with Gasteiger partial charge in [-0.3, -0.25) is 4.79 Å². The number of anilines is 1. The lowest BCUT2D eigenvalue weighted by Crippen LogP contribution is -2.32. The van der Waals surface area contributed by atoms with E-state index in [1.807, 2.05) is 0 Å². The van der Waals surface area contributed by atoms with E-state index in [0.717, 1.165) is 0 Å². The van der Waals surface area contributed by atoms with E-state index in [-0.39, 0.29) is 23.9 Å². The van der Waals surface area contributed by atoms with Gasteiger partial charge < -0.3 is 20.5 Å². The third-order valence-electron chi connectivity index (χ3n) is 2.08. The van der Waals surface area contributed by atoms with Gasteiger partial charge in [0.05, 0.1) is 6.04 Å². The predicted octanol–water partition coefficient (Wildman–Crippen LogP) is 1.72. The molecule has 0 saturated carbocycles. The minimum absolute atomic E-state index is 0. The number of benzene rings is 1. The summed E-state index contributed by atoms with van der Waals surface area (Å²) in [5.74, 6) is -0.623. The van der Waals surface area contributed by atoms with Crippen LogP contribution >= 0.6 is 12.4 Å². The van der Waals surface area contributed by atoms with Crippen LogP contribution in [0.15, 0.2) is 18.2 Å². The number of amides is 1. The van der Waals surface area contributed by atoms with Crippen molar-refractivity contribution in [3.8, 4) is 11.5 Å². The second-order valence-electron chi connectivity index (χ2n) is 3.61. The second kappa shape index (κ2) is 4.95. The third-order valence-corrected chi connectivity index (χ3v) is 2.08. The Labute approximate surface area is 108 Å². The number of hydrogen-bond acceptors (Lipinski definition) is 4. The van der Waals surface area contributed by atoms with E-state index in [2.05, 4.69) is 14.8 Å². The molecule has 0 fully saturated rings. The van der Waals surface area contributed by atoms with Gasteiger partial charge in [0.2, 0.25) is 5.91 Å². The van der Waals surface area contributed by atoms with Gasteiger partial charge in [-0.05, 0) is 19.1 Å². The Morgan fingerprint density at radius 1 is 1.39 bits per heavy atom. The van der Waals surface area contributed by atoms with Gasteiger partial charge in [-0.25, -0.2) is 0 Å². The maximum Gasteiger partial charge on any atom is 0.586 e. The second-order valence-corrected chi connectivity index (χ2v) is 3.61. The number of fused-ring (bicyclic) bond motifs is 1. The highest BCUT2D eigenvalue weighted by Crippen LogP contribution is 2.42. The fourth-order valence-electron chi connectivity index (χ4n) is 1.28. The fraction of sp³-hybridized carbons (Fsp3) is 0.300. The van der Waals surface area contributed by atoms with Crippen molar-refractivity contribution in [3.05, 3.63) is 18.2 Å². The van der Waals surface area contributed by atoms with Gasteiger partial charge in [-0.1, -0.05) is 0 Å². The SMILES string of the molecule is CC(N)C(=O)Nc1ccc2c(c1)OC(F)(F)O2.Cl. The summed E-state index contributed by atoms with van der Waals surface area (Å²) in [7, 11) is 0. The van der Waals surface area contributed by atoms with Gasteiger partial charge in [-0.2, -0.15) is 0 Å². The number of rotatable bonds is 2. The molecule has 1 amide bonds. The molecule has 1 aromatic rings. The summed E-state index contributed by atoms with van der Waals surface area (Å²) in [5.41, 5.74) is 5.66. The maximum absolute atomic E-state index is 12.7. The van der Waals surface area contributed by atoms with E-state index in [1.54, 1.807) is 0 Å². The molecule has 1 heterocycles. The Bertz CT molecular complexity index is 468. The first-order valence-electron chi connectivity index (χ1n) is 4.84. The van der Waals surface area contributed by atoms with Crippen molar-refractivity contribution in [2.24, 2.45) is 5.73 Å². The molecule has 0 aliphatic carbocycles. The Morgan fingerprint density at radius 2 is 2.00 bits per heavy atom. The molecule has 0 aromatic heterocycles. The van der Waals surface area contributed by atoms with Crippen LogP contribution in [-0.4, -0.2) is 18.2 Å². The first-order chi connectivity index (χ1) is 7.87. The van der Waals surface area contributed by atoms with Crippen LogP contribution in [-0.2, 0) is 4.79 Å². The third kappa shape index (κ3) is 2.99. The molecule has 5 nitrogen and oxygen atoms in total. The quantitative estimate of drug-likeness (QED) is 0.865. The molecule has 8 heteroatoms. The van der Waals surface area contributed by atoms with Gasteiger partial charge in [0, 0.05) is 11.8 Å². The summed E-state index contributed by atoms with van der Waals surface area (Å²) in [6.07, 6.45) is -3.66. The molecule has 0 spiro atoms. The topological polar surface area (TPSA) is 73.6 Å². The number of nitrogens with one attached hydrogen (secondary N) is 1. The van der Waals surface area contributed by atoms with Crippen LogP contribution in [0.4, 0.5) is 14.5 Å². The van der Waals surface area contributed by atoms with Gasteiger partial charge in [-0.15, -0.1) is 21.2 Å². The van der Waals surface area contributed by atoms with Gasteiger partial charge in [0.1, 0.15) is 0 Å². The van der Waals surface area contributed by atoms with E-state index >= 15 is 0 Å². The van der Waals surface area contributed by atoms with E-state index in [0.29, 0.717) is 5.69 Å². The molecule has 1 unspecified atom stereocenters. The standard InChI is InChI=1S/C10H10F2N2O3.ClH/c1-5(13)9(15)14-6-2-3-7-8(4-6)17-10(11,12)16-7;/h2-5H,13H2,1H3,(H,14,15);1H. The minimum Gasteiger partial charge on any atom is -0.395 e. The van der Waals surface area contributed by atoms with Crippen molar-refractivity contribution >= 4 is 24.0 Å². The molecular formula is C10H11ClF2N2O3. The highest BCUT2D eigenvalue weighted by Gasteiger charge is 2.43. The number of nitrogens with two attached hydrogens (primary N) is 1. The van der Waals surface area contributed by atoms with Crippen LogP contribution in [0.1, 0.15) is 6.92 Å². The number of hydrogen-bond donors (Lipinski definition) is 2. The van der Waals surface area contributed by atoms with Gasteiger partial charge in [0.15, 0.2) is 11.5 Å². The zero-order chi connectivity index (χ0) is 12.6. The molecule has 2 rings (SSSR count). The predicted molar refractivity (Wildman–Crippen MR) is 62.2 cm³/mol. The van der Waals surface area contributed by atoms with Crippen molar-refractivity contribution in [1.82, 2.24) is 0 Å². The van der Waals surface area contributed by atoms with Crippen molar-refractivity contribution < 1.29 is 23.0 Å². The number of alkyl halides is 2. The number of carbonyl (C=O) groups is 1. The molecular weight excluding hydrogens is 270 g/mol. The fourth-order valence-corrected chi connectivity index (χ4v) is 1.28. The molecule has 0 radical (unpaired) electrons. The monoisotopic (exact) mass is 280 g/mol. The first kappa shape index (κ1) is 14.5. The molecule has 0 saturated heterocycles. The van der Waals surface area contributed by atoms with E-state index in [4.69, 9.17) is 5.73 Å². The number of ether oxygens (including phenoxy) is 2. The van der Waals surface area contributed by atoms with Crippen LogP contribution in [0, 0.1) is 0 Å². The average molecular weight is 281 g/mol. The summed E-state index contributed by atoms with van der Waals surface area (Å²) in [5, 5.41) is 2.45. The summed E-state index contributed by atoms with van der Waals surface area (Å²) in [6.45, 7) is 1.51. The first-order valence-corrected chi connectivity index (χ1v) is 4.84. The Hall–Kier alpha value is -1.60. The van der Waals surface area contributed by atoms with Crippen LogP contribution in [0.5, 0.6) is 11.5 Å². The average Bonchev–Trinajstić information content (AvgIpc) is 2.50. The summed E-state index contributed by atoms with van der Waals surface area (Å²) in [4.78, 5) is 11.3. The van der Waals surface area contributed by atoms with Gasteiger partial charge in [0.25, 0.3) is 0 Å². The smallest absolute Gasteiger partial charge is 0.395 e. The van der Waals surface area contributed by atoms with E-state index in [9.17, 15) is 13.6 Å². The number of halogens is 3. The van der Waals surface area contributed by atoms with E-state index < -0.39 is 18.2 Å². The lowest BCUT2D eigenvalue weighted by atomic mass is 10.2. The molecule has 1 aliphatic rings. The highest BCUT2D eigenvalue weighted by atomic mass is 35.5. The van der Waals surface area contributed by atoms with Crippen molar-refractivity contribution in [2.45, 2.75) is 19.3 Å². The van der Waals surface area contributed by atoms with Crippen molar-refractivity contribution in [1.29, 1.82) is 0 Å². The zero-order valence-corrected chi connectivity index (χ0v) is 10.1. The number of carbonyl (C=O) groups excluding carboxylic acids is 1. The molecule has 0 bridgehead atoms. The molecule has 18 heavy (non-hydrogen) atoms. The summed E-state index contributed by atoms with van der Waals surface area (Å²) < 4.78 is 33.9. The minimum atomic E-state index is -3.66. The lowest BCUT2D eigenvalue weighted by Gasteiger charge is -2.07. The van der Waals surface area contributed by atoms with Crippen LogP contribution in [0.25, 0.3) is 0 Å².